The molecule has 6 heterocycles. The van der Waals surface area contributed by atoms with Crippen molar-refractivity contribution in [3.8, 4) is 0 Å². The van der Waals surface area contributed by atoms with Crippen molar-refractivity contribution in [1.82, 2.24) is 61.3 Å². The maximum atomic E-state index is 12.2. The van der Waals surface area contributed by atoms with E-state index in [4.69, 9.17) is 20.6 Å². The number of hydrogen-bond acceptors (Lipinski definition) is 25. The zero-order valence-electron chi connectivity index (χ0n) is 54.8. The Kier molecular flexibility index (Phi) is 42.1. The first-order chi connectivity index (χ1) is 47.5. The molecule has 0 saturated carbocycles. The van der Waals surface area contributed by atoms with E-state index in [1.54, 1.807) is 97.5 Å². The summed E-state index contributed by atoms with van der Waals surface area (Å²) in [5, 5.41) is 51.6. The van der Waals surface area contributed by atoms with E-state index in [2.05, 4.69) is 76.3 Å². The van der Waals surface area contributed by atoms with Crippen LogP contribution >= 0.6 is 24.8 Å². The number of ketones is 3. The number of nitro groups is 3. The van der Waals surface area contributed by atoms with Crippen LogP contribution in [0.4, 0.5) is 17.1 Å². The summed E-state index contributed by atoms with van der Waals surface area (Å²) >= 11 is 0. The summed E-state index contributed by atoms with van der Waals surface area (Å²) in [5.74, 6) is -0.545. The third-order valence-corrected chi connectivity index (χ3v) is 13.5. The molecule has 0 aliphatic carbocycles. The second-order valence-electron chi connectivity index (χ2n) is 20.6. The number of nitrogens with zero attached hydrogens (tertiary/aromatic N) is 12. The van der Waals surface area contributed by atoms with Crippen LogP contribution in [0.2, 0.25) is 0 Å². The van der Waals surface area contributed by atoms with Crippen LogP contribution in [0.25, 0.3) is 0 Å². The van der Waals surface area contributed by atoms with Crippen molar-refractivity contribution in [3.05, 3.63) is 258 Å². The molecule has 0 spiro atoms. The standard InChI is InChI=1S/2C22H23N5O5.C11H13N5O2.C10H9NO3.CH4.BH.2ClH.U/c2*28-18(14-16-8-4-5-11-19(16)27(30)31)10-2-1-3-12-20-25-21(26-32-20)22(29)24-15-17-9-6-7-13-23-17;12-5-4-9-15-10(16-18-9)11(17)14-7-8-3-1-2-6-13-8;1-2-9(12)7-8-5-3-4-6-10(8)11(13)14;;;;;/h2*4-9,11,13H,1-3,10,12,14-15H2,(H,24,29);1-3,6H,4-5,7,12H2,(H,14,17);2-6H,1,7H2;1H4;3*1H;/i;;;;;1D;;;. The van der Waals surface area contributed by atoms with Crippen LogP contribution in [-0.4, -0.2) is 111 Å². The van der Waals surface area contributed by atoms with Gasteiger partial charge in [0.2, 0.25) is 17.7 Å². The minimum absolute atomic E-state index is 0. The molecule has 9 aromatic rings. The normalized spacial score (nSPS) is 9.93. The first kappa shape index (κ1) is 86.6. The third-order valence-electron chi connectivity index (χ3n) is 13.5. The van der Waals surface area contributed by atoms with Crippen molar-refractivity contribution in [2.24, 2.45) is 5.73 Å². The van der Waals surface area contributed by atoms with Gasteiger partial charge in [0.25, 0.3) is 52.3 Å². The summed E-state index contributed by atoms with van der Waals surface area (Å²) in [5.41, 5.74) is 8.75. The summed E-state index contributed by atoms with van der Waals surface area (Å²) in [6.45, 7) is 4.57. The summed E-state index contributed by atoms with van der Waals surface area (Å²) in [6, 6.07) is 35.1. The smallest absolute Gasteiger partial charge is 0.293 e. The first-order valence-corrected chi connectivity index (χ1v) is 30.1. The molecule has 35 heteroatoms. The van der Waals surface area contributed by atoms with Gasteiger partial charge in [-0.25, -0.2) is 0 Å². The average Bonchev–Trinajstić information content (AvgIpc) is 1.86. The Morgan fingerprint density at radius 1 is 0.475 bits per heavy atom. The third kappa shape index (κ3) is 32.4. The second kappa shape index (κ2) is 49.1. The predicted molar refractivity (Wildman–Crippen MR) is 370 cm³/mol. The Balaban J connectivity index is 0.000000697. The monoisotopic (exact) mass is 1650 g/mol. The van der Waals surface area contributed by atoms with Crippen LogP contribution in [-0.2, 0) is 72.5 Å². The number of halogens is 2. The largest absolute Gasteiger partial charge is 0.344 e. The number of carbonyl (C=O) groups excluding carboxylic acids is 6. The van der Waals surface area contributed by atoms with Crippen molar-refractivity contribution in [2.75, 3.05) is 6.54 Å². The van der Waals surface area contributed by atoms with Gasteiger partial charge >= 0.3 is 0 Å². The number of nitrogens with two attached hydrogens (primary N) is 1. The predicted octanol–water partition coefficient (Wildman–Crippen LogP) is 9.05. The fraction of sp³-hybridized carbons (Fsp3) is 0.288. The van der Waals surface area contributed by atoms with Gasteiger partial charge < -0.3 is 35.3 Å². The quantitative estimate of drug-likeness (QED) is 0.00979. The fourth-order valence-electron chi connectivity index (χ4n) is 8.65. The Hall–Kier alpha value is -10.5. The van der Waals surface area contributed by atoms with E-state index >= 15 is 0 Å². The van der Waals surface area contributed by atoms with Crippen LogP contribution in [0.3, 0.4) is 0 Å². The van der Waals surface area contributed by atoms with Crippen LogP contribution in [0, 0.1) is 61.5 Å². The molecule has 0 fully saturated rings. The Morgan fingerprint density at radius 2 is 0.782 bits per heavy atom. The van der Waals surface area contributed by atoms with E-state index < -0.39 is 32.5 Å². The summed E-state index contributed by atoms with van der Waals surface area (Å²) in [4.78, 5) is 127. The minimum Gasteiger partial charge on any atom is -0.344 e. The first-order valence-electron chi connectivity index (χ1n) is 30.6. The SMILES string of the molecule is C.C=CC(=O)Cc1ccccc1[N+](=O)[O-].Cl.Cl.NCCc1nc(C(=O)NCc2ccccn2)no1.O=C(CCCCCc1nc(C(=O)NCc2ccccn2)no1)Cc1ccccc1[N+](=O)[O-].O=C(CCCCCc1nc(C(=O)NCc2ccccn2)no1)Cc1ccccc1[N+](=O)[O-].[2H][B].[U]. The molecular weight excluding hydrogens is 1580 g/mol. The van der Waals surface area contributed by atoms with Crippen molar-refractivity contribution >= 4 is 85.3 Å². The number of Topliss-reactive ketones (excluding diaryl/α,β-unsaturated/α-hetero) is 2. The van der Waals surface area contributed by atoms with E-state index in [9.17, 15) is 59.1 Å². The fourth-order valence-corrected chi connectivity index (χ4v) is 8.65. The number of rotatable bonds is 33. The van der Waals surface area contributed by atoms with E-state index in [1.807, 2.05) is 30.3 Å². The summed E-state index contributed by atoms with van der Waals surface area (Å²) in [7, 11) is 3.75. The van der Waals surface area contributed by atoms with Crippen LogP contribution in [0.5, 0.6) is 0 Å². The number of aryl methyl sites for hydroxylation is 2. The van der Waals surface area contributed by atoms with E-state index in [0.29, 0.717) is 92.4 Å². The van der Waals surface area contributed by atoms with Crippen LogP contribution in [0.1, 0.15) is 142 Å². The molecular formula is C66H75BCl2N16O15U. The van der Waals surface area contributed by atoms with Crippen LogP contribution < -0.4 is 21.7 Å². The van der Waals surface area contributed by atoms with Gasteiger partial charge in [-0.15, -0.1) is 24.8 Å². The van der Waals surface area contributed by atoms with Crippen molar-refractivity contribution < 1.29 is 88.2 Å². The molecule has 2 radical (unpaired) electrons. The molecule has 0 unspecified atom stereocenters. The molecule has 0 atom stereocenters. The molecule has 3 aromatic carbocycles. The number of carbonyl (C=O) groups is 6. The minimum atomic E-state index is -0.494. The summed E-state index contributed by atoms with van der Waals surface area (Å²) < 4.78 is 20.3. The number of nitrogens with one attached hydrogen (secondary N) is 3. The van der Waals surface area contributed by atoms with E-state index in [-0.39, 0.29) is 148 Å². The van der Waals surface area contributed by atoms with Gasteiger partial charge in [0.1, 0.15) is 11.6 Å². The molecule has 0 aliphatic heterocycles. The van der Waals surface area contributed by atoms with Crippen molar-refractivity contribution in [1.29, 1.82) is 1.34 Å². The molecule has 530 valence electrons. The van der Waals surface area contributed by atoms with E-state index in [1.165, 1.54) is 18.2 Å². The number of aromatic nitrogens is 9. The number of pyridine rings is 3. The molecule has 0 saturated heterocycles. The molecule has 9 rings (SSSR count). The molecule has 101 heavy (non-hydrogen) atoms. The molecule has 5 N–H and O–H groups in total. The van der Waals surface area contributed by atoms with Crippen molar-refractivity contribution in [2.45, 2.75) is 117 Å². The van der Waals surface area contributed by atoms with E-state index in [0.717, 1.165) is 48.8 Å². The summed E-state index contributed by atoms with van der Waals surface area (Å²) in [6.07, 6.45) is 12.7. The molecule has 0 bridgehead atoms. The zero-order valence-corrected chi connectivity index (χ0v) is 59.6. The zero-order chi connectivity index (χ0) is 70.9. The molecule has 0 aliphatic rings. The Bertz CT molecular complexity index is 3880. The van der Waals surface area contributed by atoms with Crippen molar-refractivity contribution in [3.63, 3.8) is 0 Å². The van der Waals surface area contributed by atoms with Gasteiger partial charge in [0.15, 0.2) is 5.78 Å². The van der Waals surface area contributed by atoms with Gasteiger partial charge in [0.05, 0.1) is 51.5 Å². The number of unbranched alkanes of at least 4 members (excludes halogenated alkanes) is 4. The Labute approximate surface area is 619 Å². The molecule has 31 nitrogen and oxygen atoms in total. The number of amides is 3. The molecule has 3 amide bonds. The maximum Gasteiger partial charge on any atom is 0.293 e. The average molecular weight is 1650 g/mol. The number of benzene rings is 3. The molecule has 6 aromatic heterocycles. The van der Waals surface area contributed by atoms with Gasteiger partial charge in [0, 0.05) is 151 Å². The maximum absolute atomic E-state index is 12.2. The van der Waals surface area contributed by atoms with Gasteiger partial charge in [-0.2, -0.15) is 15.0 Å². The van der Waals surface area contributed by atoms with Crippen LogP contribution in [0.15, 0.2) is 172 Å². The topological polar surface area (TPSA) is 449 Å². The number of allylic oxidation sites excluding steroid dienone is 1. The number of nitro benzene ring substituents is 3. The number of para-hydroxylation sites is 3. The van der Waals surface area contributed by atoms with Gasteiger partial charge in [-0.05, 0) is 69.5 Å². The Morgan fingerprint density at radius 3 is 1.08 bits per heavy atom. The second-order valence-corrected chi connectivity index (χ2v) is 20.6. The van der Waals surface area contributed by atoms with Gasteiger partial charge in [-0.3, -0.25) is 74.1 Å². The van der Waals surface area contributed by atoms with Gasteiger partial charge in [-0.1, -0.05) is 115 Å². The number of hydrogen-bond donors (Lipinski definition) is 4.